The second-order valence-corrected chi connectivity index (χ2v) is 5.61. The van der Waals surface area contributed by atoms with Crippen molar-refractivity contribution in [1.29, 1.82) is 0 Å². The molecule has 0 saturated heterocycles. The number of amides is 2. The molecule has 0 unspecified atom stereocenters. The van der Waals surface area contributed by atoms with Crippen LogP contribution in [-0.4, -0.2) is 22.0 Å². The standard InChI is InChI=1S/C14H15BrN4O2/c1-8(2)11-7-12(17-16-11)14(21)19-18-13(20)9-5-3-4-6-10(9)15/h3-8H,1-2H3,(H,16,17)(H,18,20)(H,19,21). The Labute approximate surface area is 130 Å². The second-order valence-electron chi connectivity index (χ2n) is 4.75. The molecule has 0 aliphatic heterocycles. The molecule has 0 spiro atoms. The van der Waals surface area contributed by atoms with Crippen LogP contribution in [0, 0.1) is 0 Å². The van der Waals surface area contributed by atoms with E-state index in [1.807, 2.05) is 13.8 Å². The summed E-state index contributed by atoms with van der Waals surface area (Å²) in [5.74, 6) is -0.636. The van der Waals surface area contributed by atoms with Crippen molar-refractivity contribution in [2.24, 2.45) is 0 Å². The summed E-state index contributed by atoms with van der Waals surface area (Å²) >= 11 is 3.28. The molecule has 1 aromatic carbocycles. The van der Waals surface area contributed by atoms with Crippen LogP contribution >= 0.6 is 15.9 Å². The van der Waals surface area contributed by atoms with Gasteiger partial charge in [0, 0.05) is 10.2 Å². The Morgan fingerprint density at radius 3 is 2.48 bits per heavy atom. The van der Waals surface area contributed by atoms with Crippen molar-refractivity contribution in [2.75, 3.05) is 0 Å². The van der Waals surface area contributed by atoms with E-state index in [0.717, 1.165) is 5.69 Å². The Bertz CT molecular complexity index is 666. The molecule has 0 atom stereocenters. The third kappa shape index (κ3) is 3.69. The summed E-state index contributed by atoms with van der Waals surface area (Å²) < 4.78 is 0.651. The molecule has 3 N–H and O–H groups in total. The predicted octanol–water partition coefficient (Wildman–Crippen LogP) is 2.37. The minimum absolute atomic E-state index is 0.228. The number of nitrogens with zero attached hydrogens (tertiary/aromatic N) is 1. The normalized spacial score (nSPS) is 10.5. The number of aromatic amines is 1. The molecule has 0 fully saturated rings. The van der Waals surface area contributed by atoms with E-state index >= 15 is 0 Å². The van der Waals surface area contributed by atoms with Gasteiger partial charge in [0.05, 0.1) is 5.56 Å². The summed E-state index contributed by atoms with van der Waals surface area (Å²) in [4.78, 5) is 23.8. The van der Waals surface area contributed by atoms with Crippen LogP contribution in [0.2, 0.25) is 0 Å². The average molecular weight is 351 g/mol. The van der Waals surface area contributed by atoms with Gasteiger partial charge in [-0.25, -0.2) is 0 Å². The summed E-state index contributed by atoms with van der Waals surface area (Å²) in [5, 5.41) is 6.69. The van der Waals surface area contributed by atoms with Gasteiger partial charge in [-0.3, -0.25) is 25.5 Å². The fourth-order valence-electron chi connectivity index (χ4n) is 1.64. The molecule has 0 aliphatic carbocycles. The molecule has 0 saturated carbocycles. The Balaban J connectivity index is 1.97. The van der Waals surface area contributed by atoms with Gasteiger partial charge in [-0.15, -0.1) is 0 Å². The highest BCUT2D eigenvalue weighted by Gasteiger charge is 2.14. The maximum atomic E-state index is 11.9. The van der Waals surface area contributed by atoms with Crippen LogP contribution in [0.25, 0.3) is 0 Å². The number of aromatic nitrogens is 2. The van der Waals surface area contributed by atoms with E-state index < -0.39 is 11.8 Å². The van der Waals surface area contributed by atoms with Gasteiger partial charge in [0.2, 0.25) is 0 Å². The lowest BCUT2D eigenvalue weighted by atomic mass is 10.1. The summed E-state index contributed by atoms with van der Waals surface area (Å²) in [7, 11) is 0. The average Bonchev–Trinajstić information content (AvgIpc) is 2.95. The molecule has 0 bridgehead atoms. The van der Waals surface area contributed by atoms with Gasteiger partial charge < -0.3 is 0 Å². The van der Waals surface area contributed by atoms with Crippen molar-refractivity contribution in [2.45, 2.75) is 19.8 Å². The molecule has 1 heterocycles. The van der Waals surface area contributed by atoms with Crippen molar-refractivity contribution in [1.82, 2.24) is 21.0 Å². The molecule has 2 rings (SSSR count). The number of hydrogen-bond acceptors (Lipinski definition) is 3. The SMILES string of the molecule is CC(C)c1cc(C(=O)NNC(=O)c2ccccc2Br)n[nH]1. The second kappa shape index (κ2) is 6.53. The Morgan fingerprint density at radius 2 is 1.86 bits per heavy atom. The molecule has 2 amide bonds. The van der Waals surface area contributed by atoms with Gasteiger partial charge in [-0.05, 0) is 40.0 Å². The highest BCUT2D eigenvalue weighted by Crippen LogP contribution is 2.15. The van der Waals surface area contributed by atoms with E-state index in [1.165, 1.54) is 0 Å². The Kier molecular flexibility index (Phi) is 4.74. The third-order valence-electron chi connectivity index (χ3n) is 2.86. The van der Waals surface area contributed by atoms with Crippen LogP contribution < -0.4 is 10.9 Å². The first-order chi connectivity index (χ1) is 9.99. The zero-order chi connectivity index (χ0) is 15.4. The van der Waals surface area contributed by atoms with Crippen LogP contribution in [-0.2, 0) is 0 Å². The van der Waals surface area contributed by atoms with Gasteiger partial charge in [0.1, 0.15) is 0 Å². The van der Waals surface area contributed by atoms with Crippen molar-refractivity contribution >= 4 is 27.7 Å². The summed E-state index contributed by atoms with van der Waals surface area (Å²) in [6.45, 7) is 3.98. The number of carbonyl (C=O) groups excluding carboxylic acids is 2. The van der Waals surface area contributed by atoms with E-state index in [1.54, 1.807) is 30.3 Å². The third-order valence-corrected chi connectivity index (χ3v) is 3.55. The zero-order valence-electron chi connectivity index (χ0n) is 11.6. The smallest absolute Gasteiger partial charge is 0.282 e. The van der Waals surface area contributed by atoms with Gasteiger partial charge in [-0.1, -0.05) is 26.0 Å². The number of H-pyrrole nitrogens is 1. The summed E-state index contributed by atoms with van der Waals surface area (Å²) in [6, 6.07) is 8.60. The van der Waals surface area contributed by atoms with Crippen molar-refractivity contribution in [3.8, 4) is 0 Å². The molecule has 0 radical (unpaired) electrons. The predicted molar refractivity (Wildman–Crippen MR) is 81.8 cm³/mol. The number of hydrogen-bond donors (Lipinski definition) is 3. The fraction of sp³-hybridized carbons (Fsp3) is 0.214. The molecule has 2 aromatic rings. The number of hydrazine groups is 1. The van der Waals surface area contributed by atoms with Crippen LogP contribution in [0.1, 0.15) is 46.3 Å². The molecule has 0 aliphatic rings. The minimum Gasteiger partial charge on any atom is -0.282 e. The first kappa shape index (κ1) is 15.2. The molecular weight excluding hydrogens is 336 g/mol. The number of nitrogens with one attached hydrogen (secondary N) is 3. The number of carbonyl (C=O) groups is 2. The van der Waals surface area contributed by atoms with E-state index in [2.05, 4.69) is 37.0 Å². The zero-order valence-corrected chi connectivity index (χ0v) is 13.2. The fourth-order valence-corrected chi connectivity index (χ4v) is 2.10. The molecule has 1 aromatic heterocycles. The van der Waals surface area contributed by atoms with Gasteiger partial charge in [0.25, 0.3) is 11.8 Å². The maximum Gasteiger partial charge on any atom is 0.290 e. The van der Waals surface area contributed by atoms with E-state index in [4.69, 9.17) is 0 Å². The Morgan fingerprint density at radius 1 is 1.19 bits per heavy atom. The molecule has 6 nitrogen and oxygen atoms in total. The van der Waals surface area contributed by atoms with Gasteiger partial charge in [0.15, 0.2) is 5.69 Å². The molecule has 110 valence electrons. The van der Waals surface area contributed by atoms with Crippen molar-refractivity contribution in [3.63, 3.8) is 0 Å². The van der Waals surface area contributed by atoms with Crippen LogP contribution in [0.3, 0.4) is 0 Å². The van der Waals surface area contributed by atoms with E-state index in [0.29, 0.717) is 10.0 Å². The summed E-state index contributed by atoms with van der Waals surface area (Å²) in [6.07, 6.45) is 0. The largest absolute Gasteiger partial charge is 0.290 e. The van der Waals surface area contributed by atoms with Gasteiger partial charge >= 0.3 is 0 Å². The van der Waals surface area contributed by atoms with E-state index in [9.17, 15) is 9.59 Å². The maximum absolute atomic E-state index is 11.9. The van der Waals surface area contributed by atoms with Crippen molar-refractivity contribution < 1.29 is 9.59 Å². The van der Waals surface area contributed by atoms with E-state index in [-0.39, 0.29) is 11.6 Å². The lowest BCUT2D eigenvalue weighted by Crippen LogP contribution is -2.41. The number of benzene rings is 1. The first-order valence-corrected chi connectivity index (χ1v) is 7.19. The van der Waals surface area contributed by atoms with Crippen LogP contribution in [0.15, 0.2) is 34.8 Å². The number of halogens is 1. The lowest BCUT2D eigenvalue weighted by Gasteiger charge is -2.07. The van der Waals surface area contributed by atoms with Crippen LogP contribution in [0.4, 0.5) is 0 Å². The monoisotopic (exact) mass is 350 g/mol. The summed E-state index contributed by atoms with van der Waals surface area (Å²) in [5.41, 5.74) is 6.21. The first-order valence-electron chi connectivity index (χ1n) is 6.39. The molecular formula is C14H15BrN4O2. The quantitative estimate of drug-likeness (QED) is 0.742. The topological polar surface area (TPSA) is 86.9 Å². The van der Waals surface area contributed by atoms with Gasteiger partial charge in [-0.2, -0.15) is 5.10 Å². The molecule has 21 heavy (non-hydrogen) atoms. The highest BCUT2D eigenvalue weighted by atomic mass is 79.9. The highest BCUT2D eigenvalue weighted by molar-refractivity contribution is 9.10. The number of rotatable bonds is 3. The van der Waals surface area contributed by atoms with Crippen LogP contribution in [0.5, 0.6) is 0 Å². The molecule has 7 heteroatoms. The van der Waals surface area contributed by atoms with Crippen molar-refractivity contribution in [3.05, 3.63) is 51.8 Å². The Hall–Kier alpha value is -2.15. The minimum atomic E-state index is -0.474. The lowest BCUT2D eigenvalue weighted by molar-refractivity contribution is 0.0843.